The summed E-state index contributed by atoms with van der Waals surface area (Å²) >= 11 is 0. The molecule has 2 atom stereocenters. The van der Waals surface area contributed by atoms with E-state index >= 15 is 0 Å². The molecule has 1 aliphatic heterocycles. The van der Waals surface area contributed by atoms with E-state index in [1.165, 1.54) is 6.07 Å². The molecule has 1 heterocycles. The second-order valence-corrected chi connectivity index (χ2v) is 5.34. The van der Waals surface area contributed by atoms with Gasteiger partial charge in [-0.1, -0.05) is 6.07 Å². The highest BCUT2D eigenvalue weighted by molar-refractivity contribution is 5.79. The lowest BCUT2D eigenvalue weighted by molar-refractivity contribution is -0.131. The Morgan fingerprint density at radius 3 is 2.70 bits per heavy atom. The average molecular weight is 283 g/mol. The molecule has 0 saturated carbocycles. The van der Waals surface area contributed by atoms with Crippen molar-refractivity contribution < 1.29 is 18.7 Å². The number of amides is 1. The largest absolute Gasteiger partial charge is 0.393 e. The molecular formula is C15H19F2NO2. The Bertz CT molecular complexity index is 471. The van der Waals surface area contributed by atoms with E-state index in [1.54, 1.807) is 11.8 Å². The fourth-order valence-corrected chi connectivity index (χ4v) is 2.76. The first-order chi connectivity index (χ1) is 9.49. The van der Waals surface area contributed by atoms with Gasteiger partial charge in [0.15, 0.2) is 0 Å². The van der Waals surface area contributed by atoms with Crippen molar-refractivity contribution in [3.05, 3.63) is 35.4 Å². The summed E-state index contributed by atoms with van der Waals surface area (Å²) in [5, 5.41) is 9.43. The molecule has 20 heavy (non-hydrogen) atoms. The number of carbonyl (C=O) groups is 1. The van der Waals surface area contributed by atoms with E-state index in [2.05, 4.69) is 0 Å². The van der Waals surface area contributed by atoms with Crippen LogP contribution in [0.2, 0.25) is 0 Å². The monoisotopic (exact) mass is 283 g/mol. The van der Waals surface area contributed by atoms with Crippen molar-refractivity contribution in [1.82, 2.24) is 4.90 Å². The summed E-state index contributed by atoms with van der Waals surface area (Å²) < 4.78 is 27.1. The van der Waals surface area contributed by atoms with Crippen molar-refractivity contribution >= 4 is 5.91 Å². The third-order valence-electron chi connectivity index (χ3n) is 3.70. The topological polar surface area (TPSA) is 40.5 Å². The molecular weight excluding hydrogens is 264 g/mol. The molecule has 0 bridgehead atoms. The quantitative estimate of drug-likeness (QED) is 0.921. The minimum atomic E-state index is -0.690. The first kappa shape index (κ1) is 14.9. The first-order valence-corrected chi connectivity index (χ1v) is 6.89. The molecule has 0 aliphatic carbocycles. The third-order valence-corrected chi connectivity index (χ3v) is 3.70. The lowest BCUT2D eigenvalue weighted by Gasteiger charge is -2.26. The number of hydrogen-bond acceptors (Lipinski definition) is 2. The lowest BCUT2D eigenvalue weighted by atomic mass is 10.1. The smallest absolute Gasteiger partial charge is 0.227 e. The number of hydrogen-bond donors (Lipinski definition) is 1. The highest BCUT2D eigenvalue weighted by Crippen LogP contribution is 2.23. The molecule has 1 fully saturated rings. The number of rotatable bonds is 4. The minimum Gasteiger partial charge on any atom is -0.393 e. The van der Waals surface area contributed by atoms with E-state index < -0.39 is 17.7 Å². The van der Waals surface area contributed by atoms with Crippen LogP contribution in [0.4, 0.5) is 8.78 Å². The normalized spacial score (nSPS) is 20.2. The molecule has 5 heteroatoms. The van der Waals surface area contributed by atoms with Gasteiger partial charge in [0, 0.05) is 18.2 Å². The van der Waals surface area contributed by atoms with Gasteiger partial charge in [-0.3, -0.25) is 4.79 Å². The molecule has 0 spiro atoms. The van der Waals surface area contributed by atoms with Crippen LogP contribution in [0.1, 0.15) is 31.7 Å². The highest BCUT2D eigenvalue weighted by atomic mass is 19.1. The van der Waals surface area contributed by atoms with Crippen LogP contribution in [0.5, 0.6) is 0 Å². The Morgan fingerprint density at radius 2 is 2.10 bits per heavy atom. The molecule has 0 aromatic heterocycles. The predicted molar refractivity (Wildman–Crippen MR) is 71.1 cm³/mol. The Morgan fingerprint density at radius 1 is 1.45 bits per heavy atom. The number of benzene rings is 1. The number of aliphatic hydroxyl groups excluding tert-OH is 1. The number of likely N-dealkylation sites (tertiary alicyclic amines) is 1. The SMILES string of the molecule is CC(O)CC1CCCN1C(=O)Cc1c(F)cccc1F. The predicted octanol–water partition coefficient (Wildman–Crippen LogP) is 2.27. The maximum Gasteiger partial charge on any atom is 0.227 e. The van der Waals surface area contributed by atoms with Gasteiger partial charge in [-0.25, -0.2) is 8.78 Å². The van der Waals surface area contributed by atoms with Crippen molar-refractivity contribution in [3.63, 3.8) is 0 Å². The van der Waals surface area contributed by atoms with Gasteiger partial charge in [-0.15, -0.1) is 0 Å². The van der Waals surface area contributed by atoms with E-state index in [4.69, 9.17) is 0 Å². The van der Waals surface area contributed by atoms with E-state index in [0.717, 1.165) is 25.0 Å². The van der Waals surface area contributed by atoms with Crippen LogP contribution in [-0.2, 0) is 11.2 Å². The van der Waals surface area contributed by atoms with Crippen LogP contribution in [-0.4, -0.2) is 34.6 Å². The molecule has 110 valence electrons. The van der Waals surface area contributed by atoms with Crippen molar-refractivity contribution in [3.8, 4) is 0 Å². The standard InChI is InChI=1S/C15H19F2NO2/c1-10(19)8-11-4-3-7-18(11)15(20)9-12-13(16)5-2-6-14(12)17/h2,5-6,10-11,19H,3-4,7-9H2,1H3. The zero-order valence-corrected chi connectivity index (χ0v) is 11.5. The molecule has 1 aromatic rings. The van der Waals surface area contributed by atoms with Gasteiger partial charge < -0.3 is 10.0 Å². The van der Waals surface area contributed by atoms with Gasteiger partial charge in [0.1, 0.15) is 11.6 Å². The summed E-state index contributed by atoms with van der Waals surface area (Å²) in [7, 11) is 0. The zero-order chi connectivity index (χ0) is 14.7. The average Bonchev–Trinajstić information content (AvgIpc) is 2.81. The van der Waals surface area contributed by atoms with Gasteiger partial charge in [0.2, 0.25) is 5.91 Å². The Kier molecular flexibility index (Phi) is 4.70. The Labute approximate surface area is 117 Å². The van der Waals surface area contributed by atoms with Gasteiger partial charge in [-0.05, 0) is 38.3 Å². The fourth-order valence-electron chi connectivity index (χ4n) is 2.76. The van der Waals surface area contributed by atoms with Gasteiger partial charge in [0.05, 0.1) is 12.5 Å². The van der Waals surface area contributed by atoms with Crippen molar-refractivity contribution in [2.45, 2.75) is 44.8 Å². The molecule has 1 amide bonds. The molecule has 1 saturated heterocycles. The number of nitrogens with zero attached hydrogens (tertiary/aromatic N) is 1. The summed E-state index contributed by atoms with van der Waals surface area (Å²) in [6.45, 7) is 2.27. The maximum atomic E-state index is 13.6. The number of halogens is 2. The van der Waals surface area contributed by atoms with Crippen LogP contribution in [0, 0.1) is 11.6 Å². The molecule has 2 rings (SSSR count). The molecule has 3 nitrogen and oxygen atoms in total. The number of aliphatic hydroxyl groups is 1. The van der Waals surface area contributed by atoms with Crippen molar-refractivity contribution in [2.75, 3.05) is 6.54 Å². The second-order valence-electron chi connectivity index (χ2n) is 5.34. The van der Waals surface area contributed by atoms with Crippen molar-refractivity contribution in [2.24, 2.45) is 0 Å². The Balaban J connectivity index is 2.08. The highest BCUT2D eigenvalue weighted by Gasteiger charge is 2.30. The van der Waals surface area contributed by atoms with Crippen molar-refractivity contribution in [1.29, 1.82) is 0 Å². The van der Waals surface area contributed by atoms with E-state index in [9.17, 15) is 18.7 Å². The summed E-state index contributed by atoms with van der Waals surface area (Å²) in [4.78, 5) is 13.9. The summed E-state index contributed by atoms with van der Waals surface area (Å²) in [6.07, 6.45) is 1.44. The van der Waals surface area contributed by atoms with Gasteiger partial charge in [0.25, 0.3) is 0 Å². The lowest BCUT2D eigenvalue weighted by Crippen LogP contribution is -2.38. The summed E-state index contributed by atoms with van der Waals surface area (Å²) in [6, 6.07) is 3.56. The minimum absolute atomic E-state index is 0.0302. The van der Waals surface area contributed by atoms with Crippen LogP contribution in [0.25, 0.3) is 0 Å². The maximum absolute atomic E-state index is 13.6. The number of carbonyl (C=O) groups excluding carboxylic acids is 1. The third kappa shape index (κ3) is 3.33. The van der Waals surface area contributed by atoms with E-state index in [-0.39, 0.29) is 23.9 Å². The second kappa shape index (κ2) is 6.31. The van der Waals surface area contributed by atoms with Crippen LogP contribution < -0.4 is 0 Å². The van der Waals surface area contributed by atoms with Crippen LogP contribution in [0.15, 0.2) is 18.2 Å². The van der Waals surface area contributed by atoms with Gasteiger partial charge in [-0.2, -0.15) is 0 Å². The molecule has 2 unspecified atom stereocenters. The van der Waals surface area contributed by atoms with E-state index in [1.807, 2.05) is 0 Å². The van der Waals surface area contributed by atoms with Gasteiger partial charge >= 0.3 is 0 Å². The molecule has 1 N–H and O–H groups in total. The van der Waals surface area contributed by atoms with Crippen LogP contribution in [0.3, 0.4) is 0 Å². The van der Waals surface area contributed by atoms with E-state index in [0.29, 0.717) is 13.0 Å². The fraction of sp³-hybridized carbons (Fsp3) is 0.533. The first-order valence-electron chi connectivity index (χ1n) is 6.89. The summed E-state index contributed by atoms with van der Waals surface area (Å²) in [5.41, 5.74) is -0.180. The van der Waals surface area contributed by atoms with Crippen LogP contribution >= 0.6 is 0 Å². The zero-order valence-electron chi connectivity index (χ0n) is 11.5. The molecule has 1 aromatic carbocycles. The molecule has 1 aliphatic rings. The Hall–Kier alpha value is -1.49. The molecule has 0 radical (unpaired) electrons. The summed E-state index contributed by atoms with van der Waals surface area (Å²) in [5.74, 6) is -1.66.